The van der Waals surface area contributed by atoms with E-state index in [2.05, 4.69) is 0 Å². The summed E-state index contributed by atoms with van der Waals surface area (Å²) in [5.41, 5.74) is 0. The third-order valence-corrected chi connectivity index (χ3v) is 0. The Morgan fingerprint density at radius 1 is 0.0833 bits per heavy atom. The largest absolute Gasteiger partial charge is 0.358 e. The quantitative estimate of drug-likeness (QED) is 0.287. The van der Waals surface area contributed by atoms with Gasteiger partial charge in [0.2, 0.25) is 0 Å². The monoisotopic (exact) mass is 2390 g/mol. The summed E-state index contributed by atoms with van der Waals surface area (Å²) in [6, 6.07) is 0. The molecule has 0 aliphatic rings. The molecular formula is C12H36W12-12. The molecule has 0 spiro atoms. The third kappa shape index (κ3) is 380. The Labute approximate surface area is 334 Å². The van der Waals surface area contributed by atoms with Gasteiger partial charge in [-0.15, -0.1) is 0 Å². The number of hydrogen-bond acceptors (Lipinski definition) is 0. The molecule has 0 bridgehead atoms. The van der Waals surface area contributed by atoms with Crippen LogP contribution in [0.5, 0.6) is 0 Å². The van der Waals surface area contributed by atoms with E-state index < -0.39 is 0 Å². The van der Waals surface area contributed by atoms with Crippen molar-refractivity contribution < 1.29 is 253 Å². The van der Waals surface area contributed by atoms with Crippen LogP contribution >= 0.6 is 0 Å². The molecule has 0 atom stereocenters. The van der Waals surface area contributed by atoms with Gasteiger partial charge in [0.1, 0.15) is 0 Å². The first kappa shape index (κ1) is 462. The number of rotatable bonds is 0. The van der Waals surface area contributed by atoms with Crippen molar-refractivity contribution in [3.05, 3.63) is 89.1 Å². The van der Waals surface area contributed by atoms with Crippen molar-refractivity contribution in [1.29, 1.82) is 0 Å². The molecule has 0 saturated heterocycles. The molecule has 0 saturated carbocycles. The van der Waals surface area contributed by atoms with Crippen LogP contribution in [0.3, 0.4) is 0 Å². The first-order chi connectivity index (χ1) is 0. The summed E-state index contributed by atoms with van der Waals surface area (Å²) in [6.45, 7) is 0. The summed E-state index contributed by atoms with van der Waals surface area (Å²) >= 11 is 0. The Morgan fingerprint density at radius 2 is 0.0833 bits per heavy atom. The zero-order valence-electron chi connectivity index (χ0n) is 16.9. The van der Waals surface area contributed by atoms with Crippen LogP contribution in [0.4, 0.5) is 0 Å². The molecule has 0 rings (SSSR count). The van der Waals surface area contributed by atoms with Crippen molar-refractivity contribution in [1.82, 2.24) is 0 Å². The fourth-order valence-electron chi connectivity index (χ4n) is 0. The van der Waals surface area contributed by atoms with Gasteiger partial charge in [0, 0.05) is 253 Å². The summed E-state index contributed by atoms with van der Waals surface area (Å²) < 4.78 is 0. The van der Waals surface area contributed by atoms with Gasteiger partial charge in [-0.2, -0.15) is 0 Å². The normalized spacial score (nSPS) is 0. The minimum Gasteiger partial charge on any atom is -0.358 e. The van der Waals surface area contributed by atoms with E-state index >= 15 is 0 Å². The fraction of sp³-hybridized carbons (Fsp3) is 0. The van der Waals surface area contributed by atoms with Crippen molar-refractivity contribution in [2.45, 2.75) is 0 Å². The van der Waals surface area contributed by atoms with E-state index in [-0.39, 0.29) is 342 Å². The average molecular weight is 2390 g/mol. The molecule has 0 aliphatic carbocycles. The van der Waals surface area contributed by atoms with Crippen LogP contribution in [0.15, 0.2) is 0 Å². The predicted octanol–water partition coefficient (Wildman–Crippen LogP) is 5.37. The molecule has 0 aromatic heterocycles. The van der Waals surface area contributed by atoms with Gasteiger partial charge in [-0.1, -0.05) is 0 Å². The Kier molecular flexibility index (Phi) is 8080. The minimum absolute atomic E-state index is 0. The maximum absolute atomic E-state index is 0. The molecule has 0 heterocycles. The molecule has 0 amide bonds. The Hall–Kier alpha value is 8.26. The van der Waals surface area contributed by atoms with Crippen LogP contribution in [0.2, 0.25) is 0 Å². The van der Waals surface area contributed by atoms with Gasteiger partial charge in [-0.05, 0) is 0 Å². The van der Waals surface area contributed by atoms with Gasteiger partial charge < -0.3 is 89.1 Å². The van der Waals surface area contributed by atoms with E-state index in [4.69, 9.17) is 0 Å². The van der Waals surface area contributed by atoms with Crippen molar-refractivity contribution in [2.75, 3.05) is 0 Å². The second-order valence-corrected chi connectivity index (χ2v) is 0. The summed E-state index contributed by atoms with van der Waals surface area (Å²) in [6.07, 6.45) is 0. The molecule has 12 heteroatoms. The average Bonchev–Trinajstić information content (AvgIpc) is 0. The molecule has 168 valence electrons. The molecule has 0 N–H and O–H groups in total. The zero-order valence-corrected chi connectivity index (χ0v) is 52.1. The maximum atomic E-state index is 0. The van der Waals surface area contributed by atoms with Gasteiger partial charge in [0.05, 0.1) is 0 Å². The van der Waals surface area contributed by atoms with Crippen molar-refractivity contribution in [3.8, 4) is 0 Å². The van der Waals surface area contributed by atoms with Crippen LogP contribution in [0, 0.1) is 89.1 Å². The van der Waals surface area contributed by atoms with E-state index in [9.17, 15) is 0 Å². The minimum atomic E-state index is 0. The zero-order chi connectivity index (χ0) is 0. The molecule has 24 heavy (non-hydrogen) atoms. The summed E-state index contributed by atoms with van der Waals surface area (Å²) in [5.74, 6) is 0. The third-order valence-electron chi connectivity index (χ3n) is 0. The van der Waals surface area contributed by atoms with Crippen LogP contribution in [0.25, 0.3) is 0 Å². The first-order valence-corrected chi connectivity index (χ1v) is 0. The molecule has 0 unspecified atom stereocenters. The van der Waals surface area contributed by atoms with Gasteiger partial charge in [-0.3, -0.25) is 0 Å². The van der Waals surface area contributed by atoms with Crippen LogP contribution in [-0.2, 0) is 253 Å². The smallest absolute Gasteiger partial charge is 0 e. The van der Waals surface area contributed by atoms with E-state index in [1.165, 1.54) is 0 Å². The topological polar surface area (TPSA) is 0 Å². The Bertz CT molecular complexity index is 24.0. The van der Waals surface area contributed by atoms with E-state index in [1.807, 2.05) is 0 Å². The van der Waals surface area contributed by atoms with Gasteiger partial charge in [0.25, 0.3) is 0 Å². The van der Waals surface area contributed by atoms with Crippen molar-refractivity contribution in [3.63, 3.8) is 0 Å². The molecular weight excluding hydrogens is 2350 g/mol. The Morgan fingerprint density at radius 3 is 0.0833 bits per heavy atom. The van der Waals surface area contributed by atoms with Crippen LogP contribution in [0.1, 0.15) is 0 Å². The van der Waals surface area contributed by atoms with E-state index in [1.54, 1.807) is 0 Å². The molecule has 0 aromatic carbocycles. The van der Waals surface area contributed by atoms with Gasteiger partial charge in [0.15, 0.2) is 0 Å². The van der Waals surface area contributed by atoms with Crippen LogP contribution in [-0.4, -0.2) is 0 Å². The SMILES string of the molecule is [CH3-].[CH3-].[CH3-].[CH3-].[CH3-].[CH3-].[CH3-].[CH3-].[CH3-].[CH3-].[CH3-].[CH3-].[W].[W].[W].[W].[W].[W].[W].[W].[W].[W].[W].[W]. The number of hydrogen-bond donors (Lipinski definition) is 0. The van der Waals surface area contributed by atoms with Gasteiger partial charge in [-0.25, -0.2) is 0 Å². The second-order valence-electron chi connectivity index (χ2n) is 0. The standard InChI is InChI=1S/12CH3.12W/h12*1H3;;;;;;;;;;;;/q12*-1;;;;;;;;;;;;. The van der Waals surface area contributed by atoms with Crippen LogP contribution < -0.4 is 0 Å². The Balaban J connectivity index is 0. The molecule has 0 aliphatic heterocycles. The predicted molar refractivity (Wildman–Crippen MR) is 77.0 cm³/mol. The second kappa shape index (κ2) is 420. The van der Waals surface area contributed by atoms with Gasteiger partial charge >= 0.3 is 0 Å². The van der Waals surface area contributed by atoms with E-state index in [0.29, 0.717) is 0 Å². The fourth-order valence-corrected chi connectivity index (χ4v) is 0. The molecule has 0 nitrogen and oxygen atoms in total. The first-order valence-electron chi connectivity index (χ1n) is 0. The van der Waals surface area contributed by atoms with Crippen molar-refractivity contribution in [2.24, 2.45) is 0 Å². The summed E-state index contributed by atoms with van der Waals surface area (Å²) in [5, 5.41) is 0. The van der Waals surface area contributed by atoms with E-state index in [0.717, 1.165) is 0 Å². The molecule has 0 aromatic rings. The summed E-state index contributed by atoms with van der Waals surface area (Å²) in [4.78, 5) is 0. The molecule has 0 fully saturated rings. The molecule has 0 radical (unpaired) electrons. The summed E-state index contributed by atoms with van der Waals surface area (Å²) in [7, 11) is 0. The maximum Gasteiger partial charge on any atom is 0 e. The van der Waals surface area contributed by atoms with Crippen molar-refractivity contribution >= 4 is 0 Å².